The van der Waals surface area contributed by atoms with E-state index in [-0.39, 0.29) is 5.91 Å². The van der Waals surface area contributed by atoms with Crippen LogP contribution in [-0.4, -0.2) is 23.2 Å². The second-order valence-corrected chi connectivity index (χ2v) is 3.83. The van der Waals surface area contributed by atoms with Crippen molar-refractivity contribution in [2.45, 2.75) is 13.8 Å². The summed E-state index contributed by atoms with van der Waals surface area (Å²) in [5.41, 5.74) is 4.68. The van der Waals surface area contributed by atoms with Gasteiger partial charge in [-0.2, -0.15) is 0 Å². The van der Waals surface area contributed by atoms with Gasteiger partial charge in [0.25, 0.3) is 5.91 Å². The van der Waals surface area contributed by atoms with E-state index in [1.54, 1.807) is 6.92 Å². The SMILES string of the molecule is CC(=O)Nc1nc(C)c(C(=O)NNC=O)s1. The van der Waals surface area contributed by atoms with Crippen LogP contribution in [0.5, 0.6) is 0 Å². The van der Waals surface area contributed by atoms with Gasteiger partial charge in [0.2, 0.25) is 12.3 Å². The van der Waals surface area contributed by atoms with Gasteiger partial charge in [-0.05, 0) is 6.92 Å². The van der Waals surface area contributed by atoms with E-state index in [0.717, 1.165) is 11.3 Å². The van der Waals surface area contributed by atoms with Gasteiger partial charge in [0.1, 0.15) is 4.88 Å². The van der Waals surface area contributed by atoms with Crippen molar-refractivity contribution in [3.8, 4) is 0 Å². The zero-order valence-electron chi connectivity index (χ0n) is 8.66. The highest BCUT2D eigenvalue weighted by Gasteiger charge is 2.15. The molecule has 1 rings (SSSR count). The first-order chi connectivity index (χ1) is 7.54. The fourth-order valence-electron chi connectivity index (χ4n) is 0.963. The average Bonchev–Trinajstić information content (AvgIpc) is 2.54. The minimum absolute atomic E-state index is 0.258. The van der Waals surface area contributed by atoms with Crippen LogP contribution in [0.25, 0.3) is 0 Å². The molecular weight excluding hydrogens is 232 g/mol. The summed E-state index contributed by atoms with van der Waals surface area (Å²) in [4.78, 5) is 36.5. The Morgan fingerprint density at radius 2 is 2.12 bits per heavy atom. The third-order valence-electron chi connectivity index (χ3n) is 1.53. The molecule has 1 aromatic rings. The molecule has 0 spiro atoms. The molecule has 0 bridgehead atoms. The van der Waals surface area contributed by atoms with Gasteiger partial charge in [0, 0.05) is 6.92 Å². The number of amides is 3. The van der Waals surface area contributed by atoms with Crippen molar-refractivity contribution in [1.82, 2.24) is 15.8 Å². The van der Waals surface area contributed by atoms with Crippen LogP contribution in [0, 0.1) is 6.92 Å². The summed E-state index contributed by atoms with van der Waals surface area (Å²) in [5.74, 6) is -0.731. The summed E-state index contributed by atoms with van der Waals surface area (Å²) in [7, 11) is 0. The number of thiazole rings is 1. The predicted molar refractivity (Wildman–Crippen MR) is 57.8 cm³/mol. The van der Waals surface area contributed by atoms with Crippen molar-refractivity contribution in [1.29, 1.82) is 0 Å². The van der Waals surface area contributed by atoms with Gasteiger partial charge >= 0.3 is 0 Å². The van der Waals surface area contributed by atoms with Gasteiger partial charge in [-0.3, -0.25) is 25.2 Å². The second-order valence-electron chi connectivity index (χ2n) is 2.83. The fraction of sp³-hybridized carbons (Fsp3) is 0.250. The standard InChI is InChI=1S/C8H10N4O3S/c1-4-6(7(15)12-9-3-13)16-8(10-4)11-5(2)14/h3H,1-2H3,(H,9,13)(H,12,15)(H,10,11,14). The molecule has 0 aliphatic carbocycles. The number of carbonyl (C=O) groups is 3. The molecule has 0 saturated carbocycles. The van der Waals surface area contributed by atoms with E-state index < -0.39 is 5.91 Å². The largest absolute Gasteiger partial charge is 0.302 e. The van der Waals surface area contributed by atoms with Crippen molar-refractivity contribution in [2.24, 2.45) is 0 Å². The van der Waals surface area contributed by atoms with Crippen LogP contribution >= 0.6 is 11.3 Å². The molecule has 0 unspecified atom stereocenters. The summed E-state index contributed by atoms with van der Waals surface area (Å²) in [6.45, 7) is 2.99. The maximum atomic E-state index is 11.4. The molecule has 86 valence electrons. The van der Waals surface area contributed by atoms with Crippen molar-refractivity contribution in [2.75, 3.05) is 5.32 Å². The molecule has 0 aliphatic rings. The quantitative estimate of drug-likeness (QED) is 0.503. The van der Waals surface area contributed by atoms with Gasteiger partial charge in [-0.25, -0.2) is 4.98 Å². The summed E-state index contributed by atoms with van der Waals surface area (Å²) < 4.78 is 0. The van der Waals surface area contributed by atoms with Crippen molar-refractivity contribution in [3.05, 3.63) is 10.6 Å². The third-order valence-corrected chi connectivity index (χ3v) is 2.60. The first kappa shape index (κ1) is 12.1. The maximum absolute atomic E-state index is 11.4. The van der Waals surface area contributed by atoms with E-state index >= 15 is 0 Å². The molecule has 1 heterocycles. The van der Waals surface area contributed by atoms with Crippen LogP contribution in [0.3, 0.4) is 0 Å². The van der Waals surface area contributed by atoms with E-state index in [1.807, 2.05) is 5.43 Å². The van der Waals surface area contributed by atoms with Gasteiger partial charge in [-0.15, -0.1) is 0 Å². The highest BCUT2D eigenvalue weighted by atomic mass is 32.1. The Hall–Kier alpha value is -1.96. The summed E-state index contributed by atoms with van der Waals surface area (Å²) in [5, 5.41) is 2.82. The smallest absolute Gasteiger partial charge is 0.281 e. The predicted octanol–water partition coefficient (Wildman–Crippen LogP) is -0.199. The summed E-state index contributed by atoms with van der Waals surface area (Å²) >= 11 is 1.04. The molecule has 0 saturated heterocycles. The Kier molecular flexibility index (Phi) is 3.95. The lowest BCUT2D eigenvalue weighted by Gasteiger charge is -1.99. The number of hydrogen-bond acceptors (Lipinski definition) is 5. The number of nitrogens with one attached hydrogen (secondary N) is 3. The monoisotopic (exact) mass is 242 g/mol. The minimum atomic E-state index is -0.473. The lowest BCUT2D eigenvalue weighted by atomic mass is 10.4. The van der Waals surface area contributed by atoms with E-state index in [1.165, 1.54) is 6.92 Å². The maximum Gasteiger partial charge on any atom is 0.281 e. The molecular formula is C8H10N4O3S. The van der Waals surface area contributed by atoms with Crippen LogP contribution in [0.4, 0.5) is 5.13 Å². The van der Waals surface area contributed by atoms with Crippen LogP contribution in [-0.2, 0) is 9.59 Å². The van der Waals surface area contributed by atoms with Crippen molar-refractivity contribution >= 4 is 34.7 Å². The van der Waals surface area contributed by atoms with Crippen LogP contribution in [0.15, 0.2) is 0 Å². The highest BCUT2D eigenvalue weighted by Crippen LogP contribution is 2.21. The molecule has 16 heavy (non-hydrogen) atoms. The molecule has 8 heteroatoms. The third kappa shape index (κ3) is 3.02. The number of aryl methyl sites for hydroxylation is 1. The van der Waals surface area contributed by atoms with Crippen molar-refractivity contribution in [3.63, 3.8) is 0 Å². The minimum Gasteiger partial charge on any atom is -0.302 e. The van der Waals surface area contributed by atoms with Gasteiger partial charge in [-0.1, -0.05) is 11.3 Å². The van der Waals surface area contributed by atoms with E-state index in [0.29, 0.717) is 22.1 Å². The van der Waals surface area contributed by atoms with Crippen LogP contribution < -0.4 is 16.2 Å². The zero-order chi connectivity index (χ0) is 12.1. The molecule has 3 N–H and O–H groups in total. The molecule has 0 aliphatic heterocycles. The molecule has 0 radical (unpaired) electrons. The molecule has 7 nitrogen and oxygen atoms in total. The molecule has 0 aromatic carbocycles. The van der Waals surface area contributed by atoms with E-state index in [2.05, 4.69) is 15.7 Å². The van der Waals surface area contributed by atoms with Gasteiger partial charge in [0.15, 0.2) is 5.13 Å². The fourth-order valence-corrected chi connectivity index (χ4v) is 1.87. The Balaban J connectivity index is 2.80. The summed E-state index contributed by atoms with van der Waals surface area (Å²) in [6.07, 6.45) is 0.350. The lowest BCUT2D eigenvalue weighted by molar-refractivity contribution is -0.114. The number of nitrogens with zero attached hydrogens (tertiary/aromatic N) is 1. The number of hydrogen-bond donors (Lipinski definition) is 3. The molecule has 0 fully saturated rings. The molecule has 0 atom stereocenters. The first-order valence-electron chi connectivity index (χ1n) is 4.29. The Morgan fingerprint density at radius 3 is 2.69 bits per heavy atom. The normalized spacial score (nSPS) is 9.38. The van der Waals surface area contributed by atoms with Crippen LogP contribution in [0.2, 0.25) is 0 Å². The topological polar surface area (TPSA) is 100 Å². The lowest BCUT2D eigenvalue weighted by Crippen LogP contribution is -2.36. The van der Waals surface area contributed by atoms with Crippen molar-refractivity contribution < 1.29 is 14.4 Å². The van der Waals surface area contributed by atoms with Gasteiger partial charge in [0.05, 0.1) is 5.69 Å². The summed E-state index contributed by atoms with van der Waals surface area (Å²) in [6, 6.07) is 0. The average molecular weight is 242 g/mol. The Morgan fingerprint density at radius 1 is 1.44 bits per heavy atom. The van der Waals surface area contributed by atoms with E-state index in [9.17, 15) is 14.4 Å². The number of hydrazine groups is 1. The molecule has 1 aromatic heterocycles. The highest BCUT2D eigenvalue weighted by molar-refractivity contribution is 7.17. The van der Waals surface area contributed by atoms with E-state index in [4.69, 9.17) is 0 Å². The number of aromatic nitrogens is 1. The Labute approximate surface area is 95.2 Å². The molecule has 3 amide bonds. The van der Waals surface area contributed by atoms with Gasteiger partial charge < -0.3 is 5.32 Å². The number of anilines is 1. The Bertz CT molecular complexity index is 429. The zero-order valence-corrected chi connectivity index (χ0v) is 9.47. The second kappa shape index (κ2) is 5.21. The number of rotatable bonds is 4. The number of carbonyl (C=O) groups excluding carboxylic acids is 3. The van der Waals surface area contributed by atoms with Crippen LogP contribution in [0.1, 0.15) is 22.3 Å². The first-order valence-corrected chi connectivity index (χ1v) is 5.10.